The molecular weight excluding hydrogens is 548 g/mol. The van der Waals surface area contributed by atoms with Crippen LogP contribution in [0.4, 0.5) is 0 Å². The Hall–Kier alpha value is -1.14. The second kappa shape index (κ2) is 34.7. The fraction of sp³-hybridized carbons (Fsp3) is 0.947. The average molecular weight is 625 g/mol. The van der Waals surface area contributed by atoms with Crippen molar-refractivity contribution in [2.75, 3.05) is 0 Å². The van der Waals surface area contributed by atoms with Crippen LogP contribution in [0.25, 0.3) is 0 Å². The third-order valence-electron chi connectivity index (χ3n) is 9.25. The zero-order valence-electron chi connectivity index (χ0n) is 29.1. The number of hydrogen-bond acceptors (Lipinski definition) is 4. The van der Waals surface area contributed by atoms with Crippen molar-refractivity contribution in [1.29, 1.82) is 0 Å². The van der Waals surface area contributed by atoms with E-state index in [1.54, 1.807) is 0 Å². The van der Waals surface area contributed by atoms with Crippen LogP contribution < -0.4 is 11.5 Å². The fourth-order valence-electron chi connectivity index (χ4n) is 6.27. The molecule has 44 heavy (non-hydrogen) atoms. The van der Waals surface area contributed by atoms with Crippen molar-refractivity contribution in [3.05, 3.63) is 0 Å². The Labute approximate surface area is 273 Å². The highest BCUT2D eigenvalue weighted by atomic mass is 16.3. The highest BCUT2D eigenvalue weighted by molar-refractivity contribution is 5.73. The zero-order valence-corrected chi connectivity index (χ0v) is 29.1. The van der Waals surface area contributed by atoms with Crippen LogP contribution in [0.5, 0.6) is 0 Å². The van der Waals surface area contributed by atoms with Crippen LogP contribution in [-0.4, -0.2) is 34.2 Å². The number of aliphatic hydroxyl groups excluding tert-OH is 2. The molecule has 0 bridgehead atoms. The van der Waals surface area contributed by atoms with Gasteiger partial charge in [0.2, 0.25) is 11.8 Å². The summed E-state index contributed by atoms with van der Waals surface area (Å²) >= 11 is 0. The van der Waals surface area contributed by atoms with Gasteiger partial charge in [-0.05, 0) is 38.5 Å². The molecule has 0 aliphatic carbocycles. The average Bonchev–Trinajstić information content (AvgIpc) is 2.99. The van der Waals surface area contributed by atoms with Gasteiger partial charge in [-0.15, -0.1) is 0 Å². The largest absolute Gasteiger partial charge is 0.393 e. The second-order valence-corrected chi connectivity index (χ2v) is 13.8. The van der Waals surface area contributed by atoms with Gasteiger partial charge < -0.3 is 21.7 Å². The lowest BCUT2D eigenvalue weighted by Gasteiger charge is -2.14. The second-order valence-electron chi connectivity index (χ2n) is 13.8. The van der Waals surface area contributed by atoms with Crippen molar-refractivity contribution in [3.8, 4) is 0 Å². The van der Waals surface area contributed by atoms with E-state index in [9.17, 15) is 19.8 Å². The van der Waals surface area contributed by atoms with Crippen molar-refractivity contribution < 1.29 is 19.8 Å². The first kappa shape index (κ1) is 42.9. The van der Waals surface area contributed by atoms with E-state index in [1.165, 1.54) is 141 Å². The van der Waals surface area contributed by atoms with Crippen LogP contribution in [0.15, 0.2) is 0 Å². The van der Waals surface area contributed by atoms with E-state index >= 15 is 0 Å². The first-order valence-corrected chi connectivity index (χ1v) is 19.3. The summed E-state index contributed by atoms with van der Waals surface area (Å²) in [6, 6.07) is 0. The Morgan fingerprint density at radius 3 is 0.705 bits per heavy atom. The number of amides is 2. The van der Waals surface area contributed by atoms with E-state index in [4.69, 9.17) is 11.5 Å². The zero-order chi connectivity index (χ0) is 32.4. The van der Waals surface area contributed by atoms with Gasteiger partial charge in [0.25, 0.3) is 0 Å². The number of unbranched alkanes of at least 4 members (excludes halogenated alkanes) is 26. The Morgan fingerprint density at radius 2 is 0.500 bits per heavy atom. The minimum atomic E-state index is -0.249. The summed E-state index contributed by atoms with van der Waals surface area (Å²) in [4.78, 5) is 21.4. The van der Waals surface area contributed by atoms with Gasteiger partial charge in [0, 0.05) is 12.8 Å². The van der Waals surface area contributed by atoms with Gasteiger partial charge in [-0.25, -0.2) is 0 Å². The van der Waals surface area contributed by atoms with Crippen molar-refractivity contribution in [1.82, 2.24) is 0 Å². The number of carbonyl (C=O) groups excluding carboxylic acids is 2. The number of nitrogens with two attached hydrogens (primary N) is 2. The molecule has 0 spiro atoms. The molecule has 0 aromatic rings. The standard InChI is InChI=1S/C38H76N2O4/c39-37(43)31-27-23-19-15-11-7-3-1-5-9-13-17-21-25-29-35(41)33-34-36(42)30-26-22-18-14-10-6-2-4-8-12-16-20-24-28-32-38(40)44/h35-36,41-42H,1-34H2,(H2,39,43)(H2,40,44). The van der Waals surface area contributed by atoms with Crippen LogP contribution in [0.2, 0.25) is 0 Å². The normalized spacial score (nSPS) is 12.9. The molecule has 6 nitrogen and oxygen atoms in total. The van der Waals surface area contributed by atoms with Crippen molar-refractivity contribution >= 4 is 11.8 Å². The minimum Gasteiger partial charge on any atom is -0.393 e. The Kier molecular flexibility index (Phi) is 33.8. The molecule has 0 heterocycles. The molecule has 6 heteroatoms. The van der Waals surface area contributed by atoms with Gasteiger partial charge in [0.15, 0.2) is 0 Å². The summed E-state index contributed by atoms with van der Waals surface area (Å²) in [6.45, 7) is 0. The molecule has 262 valence electrons. The predicted octanol–water partition coefficient (Wildman–Crippen LogP) is 9.94. The summed E-state index contributed by atoms with van der Waals surface area (Å²) in [7, 11) is 0. The molecule has 0 saturated heterocycles. The first-order chi connectivity index (χ1) is 21.4. The molecule has 0 radical (unpaired) electrons. The van der Waals surface area contributed by atoms with E-state index < -0.39 is 0 Å². The van der Waals surface area contributed by atoms with Gasteiger partial charge in [0.1, 0.15) is 0 Å². The highest BCUT2D eigenvalue weighted by Crippen LogP contribution is 2.18. The van der Waals surface area contributed by atoms with Gasteiger partial charge in [0.05, 0.1) is 12.2 Å². The number of aliphatic hydroxyl groups is 2. The lowest BCUT2D eigenvalue weighted by atomic mass is 9.99. The van der Waals surface area contributed by atoms with Crippen LogP contribution in [0.1, 0.15) is 218 Å². The molecule has 0 aromatic heterocycles. The van der Waals surface area contributed by atoms with E-state index in [0.29, 0.717) is 12.8 Å². The molecule has 0 aromatic carbocycles. The van der Waals surface area contributed by atoms with Gasteiger partial charge in [-0.2, -0.15) is 0 Å². The third-order valence-corrected chi connectivity index (χ3v) is 9.25. The molecule has 0 aliphatic rings. The number of primary amides is 2. The SMILES string of the molecule is NC(=O)CCCCCCCCCCCCCCCCC(O)CCC(O)CCCCCCCCCCCCCCCCC(N)=O. The topological polar surface area (TPSA) is 127 Å². The smallest absolute Gasteiger partial charge is 0.217 e. The molecule has 2 amide bonds. The fourth-order valence-corrected chi connectivity index (χ4v) is 6.27. The van der Waals surface area contributed by atoms with Gasteiger partial charge in [-0.3, -0.25) is 9.59 Å². The Bertz CT molecular complexity index is 564. The monoisotopic (exact) mass is 625 g/mol. The molecule has 6 N–H and O–H groups in total. The van der Waals surface area contributed by atoms with Crippen LogP contribution in [-0.2, 0) is 9.59 Å². The van der Waals surface area contributed by atoms with Crippen LogP contribution in [0, 0.1) is 0 Å². The molecule has 2 unspecified atom stereocenters. The van der Waals surface area contributed by atoms with Crippen molar-refractivity contribution in [2.45, 2.75) is 231 Å². The van der Waals surface area contributed by atoms with E-state index in [0.717, 1.165) is 64.2 Å². The quantitative estimate of drug-likeness (QED) is 0.0513. The maximum Gasteiger partial charge on any atom is 0.217 e. The lowest BCUT2D eigenvalue weighted by molar-refractivity contribution is -0.119. The predicted molar refractivity (Wildman–Crippen MR) is 187 cm³/mol. The molecule has 0 fully saturated rings. The third kappa shape index (κ3) is 37.0. The van der Waals surface area contributed by atoms with Gasteiger partial charge in [-0.1, -0.05) is 167 Å². The Balaban J connectivity index is 3.27. The van der Waals surface area contributed by atoms with Crippen molar-refractivity contribution in [2.24, 2.45) is 11.5 Å². The molecule has 0 aliphatic heterocycles. The molecule has 0 saturated carbocycles. The van der Waals surface area contributed by atoms with E-state index in [1.807, 2.05) is 0 Å². The van der Waals surface area contributed by atoms with E-state index in [2.05, 4.69) is 0 Å². The summed E-state index contributed by atoms with van der Waals surface area (Å²) in [5.41, 5.74) is 10.3. The molecular formula is C38H76N2O4. The maximum absolute atomic E-state index is 10.7. The summed E-state index contributed by atoms with van der Waals surface area (Å²) in [6.07, 6.45) is 39.0. The van der Waals surface area contributed by atoms with Crippen LogP contribution >= 0.6 is 0 Å². The van der Waals surface area contributed by atoms with Crippen LogP contribution in [0.3, 0.4) is 0 Å². The number of hydrogen-bond donors (Lipinski definition) is 4. The minimum absolute atomic E-state index is 0.172. The molecule has 2 atom stereocenters. The molecule has 0 rings (SSSR count). The number of carbonyl (C=O) groups is 2. The highest BCUT2D eigenvalue weighted by Gasteiger charge is 2.09. The first-order valence-electron chi connectivity index (χ1n) is 19.3. The summed E-state index contributed by atoms with van der Waals surface area (Å²) in [5.74, 6) is -0.344. The summed E-state index contributed by atoms with van der Waals surface area (Å²) in [5, 5.41) is 20.6. The summed E-state index contributed by atoms with van der Waals surface area (Å²) < 4.78 is 0. The van der Waals surface area contributed by atoms with E-state index in [-0.39, 0.29) is 24.0 Å². The van der Waals surface area contributed by atoms with Crippen molar-refractivity contribution in [3.63, 3.8) is 0 Å². The maximum atomic E-state index is 10.7. The number of rotatable bonds is 37. The Morgan fingerprint density at radius 1 is 0.318 bits per heavy atom. The lowest BCUT2D eigenvalue weighted by Crippen LogP contribution is -2.13. The van der Waals surface area contributed by atoms with Gasteiger partial charge >= 0.3 is 0 Å².